The number of aromatic nitrogens is 3. The number of carbonyl (C=O) groups excluding carboxylic acids is 2. The SMILES string of the molecule is COC(=O)CC[C@@H]1N=C(c2ccc(-c3ccc4oc(C(=O)OC(C)(C)C)cc4c3)cc2)c2c(sc(C)c2C)-n2c(C)nnc21. The van der Waals surface area contributed by atoms with E-state index in [2.05, 4.69) is 52.9 Å². The first kappa shape index (κ1) is 29.5. The molecule has 0 bridgehead atoms. The van der Waals surface area contributed by atoms with Crippen molar-refractivity contribution in [1.82, 2.24) is 14.8 Å². The average molecular weight is 611 g/mol. The predicted octanol–water partition coefficient (Wildman–Crippen LogP) is 7.47. The molecule has 44 heavy (non-hydrogen) atoms. The average Bonchev–Trinajstić information content (AvgIpc) is 3.64. The van der Waals surface area contributed by atoms with Crippen LogP contribution in [0.4, 0.5) is 0 Å². The molecular formula is C34H34N4O5S. The van der Waals surface area contributed by atoms with Crippen LogP contribution in [0.15, 0.2) is 57.9 Å². The van der Waals surface area contributed by atoms with Gasteiger partial charge in [0.2, 0.25) is 5.76 Å². The number of carbonyl (C=O) groups is 2. The van der Waals surface area contributed by atoms with Crippen LogP contribution in [0.1, 0.15) is 83.4 Å². The minimum atomic E-state index is -0.608. The molecule has 1 aliphatic rings. The van der Waals surface area contributed by atoms with Crippen LogP contribution in [0.5, 0.6) is 0 Å². The van der Waals surface area contributed by atoms with Gasteiger partial charge in [-0.25, -0.2) is 4.79 Å². The van der Waals surface area contributed by atoms with E-state index in [9.17, 15) is 9.59 Å². The molecule has 6 rings (SSSR count). The first-order chi connectivity index (χ1) is 20.9. The number of benzene rings is 2. The summed E-state index contributed by atoms with van der Waals surface area (Å²) in [6.45, 7) is 11.7. The molecule has 9 nitrogen and oxygen atoms in total. The molecule has 4 heterocycles. The highest BCUT2D eigenvalue weighted by Crippen LogP contribution is 2.40. The number of methoxy groups -OCH3 is 1. The lowest BCUT2D eigenvalue weighted by molar-refractivity contribution is -0.140. The molecule has 0 amide bonds. The number of esters is 2. The monoisotopic (exact) mass is 610 g/mol. The maximum Gasteiger partial charge on any atom is 0.374 e. The summed E-state index contributed by atoms with van der Waals surface area (Å²) in [4.78, 5) is 31.1. The van der Waals surface area contributed by atoms with Crippen LogP contribution in [0.2, 0.25) is 0 Å². The third-order valence-corrected chi connectivity index (χ3v) is 8.89. The Morgan fingerprint density at radius 1 is 0.977 bits per heavy atom. The lowest BCUT2D eigenvalue weighted by Gasteiger charge is -2.18. The zero-order valence-electron chi connectivity index (χ0n) is 25.8. The van der Waals surface area contributed by atoms with Gasteiger partial charge in [0.25, 0.3) is 0 Å². The number of nitrogens with zero attached hydrogens (tertiary/aromatic N) is 4. The van der Waals surface area contributed by atoms with Crippen LogP contribution in [0.25, 0.3) is 27.1 Å². The molecule has 10 heteroatoms. The lowest BCUT2D eigenvalue weighted by atomic mass is 9.96. The minimum Gasteiger partial charge on any atom is -0.469 e. The van der Waals surface area contributed by atoms with Crippen molar-refractivity contribution < 1.29 is 23.5 Å². The Morgan fingerprint density at radius 3 is 2.39 bits per heavy atom. The second-order valence-electron chi connectivity index (χ2n) is 12.0. The van der Waals surface area contributed by atoms with Gasteiger partial charge in [0.15, 0.2) is 5.82 Å². The minimum absolute atomic E-state index is 0.179. The molecule has 1 atom stereocenters. The number of furan rings is 1. The van der Waals surface area contributed by atoms with Crippen LogP contribution in [-0.2, 0) is 14.3 Å². The van der Waals surface area contributed by atoms with E-state index in [1.165, 1.54) is 12.0 Å². The van der Waals surface area contributed by atoms with Crippen LogP contribution >= 0.6 is 11.3 Å². The van der Waals surface area contributed by atoms with E-state index in [-0.39, 0.29) is 24.2 Å². The number of fused-ring (bicyclic) bond motifs is 4. The largest absolute Gasteiger partial charge is 0.469 e. The van der Waals surface area contributed by atoms with Gasteiger partial charge in [0.05, 0.1) is 12.8 Å². The van der Waals surface area contributed by atoms with Crippen LogP contribution < -0.4 is 0 Å². The zero-order chi connectivity index (χ0) is 31.3. The molecule has 1 aliphatic heterocycles. The van der Waals surface area contributed by atoms with Gasteiger partial charge in [0.1, 0.15) is 28.1 Å². The second kappa shape index (κ2) is 11.2. The third kappa shape index (κ3) is 5.45. The van der Waals surface area contributed by atoms with Crippen LogP contribution in [0, 0.1) is 20.8 Å². The van der Waals surface area contributed by atoms with Gasteiger partial charge >= 0.3 is 11.9 Å². The Kier molecular flexibility index (Phi) is 7.49. The molecule has 0 spiro atoms. The smallest absolute Gasteiger partial charge is 0.374 e. The first-order valence-electron chi connectivity index (χ1n) is 14.5. The van der Waals surface area contributed by atoms with Crippen molar-refractivity contribution in [2.24, 2.45) is 4.99 Å². The fourth-order valence-electron chi connectivity index (χ4n) is 5.41. The number of aryl methyl sites for hydroxylation is 2. The first-order valence-corrected chi connectivity index (χ1v) is 15.3. The molecular weight excluding hydrogens is 576 g/mol. The van der Waals surface area contributed by atoms with E-state index in [0.29, 0.717) is 12.0 Å². The second-order valence-corrected chi connectivity index (χ2v) is 13.2. The summed E-state index contributed by atoms with van der Waals surface area (Å²) in [5.41, 5.74) is 6.06. The van der Waals surface area contributed by atoms with Crippen molar-refractivity contribution in [2.75, 3.05) is 7.11 Å². The molecule has 5 aromatic rings. The Bertz CT molecular complexity index is 1940. The van der Waals surface area contributed by atoms with Crippen molar-refractivity contribution in [3.05, 3.63) is 87.5 Å². The van der Waals surface area contributed by atoms with Gasteiger partial charge in [-0.05, 0) is 82.9 Å². The summed E-state index contributed by atoms with van der Waals surface area (Å²) in [6.07, 6.45) is 0.677. The van der Waals surface area contributed by atoms with E-state index >= 15 is 0 Å². The molecule has 0 unspecified atom stereocenters. The maximum atomic E-state index is 12.5. The number of hydrogen-bond acceptors (Lipinski definition) is 9. The summed E-state index contributed by atoms with van der Waals surface area (Å²) in [5, 5.41) is 10.7. The van der Waals surface area contributed by atoms with Crippen LogP contribution in [0.3, 0.4) is 0 Å². The van der Waals surface area contributed by atoms with Gasteiger partial charge in [-0.3, -0.25) is 14.4 Å². The van der Waals surface area contributed by atoms with Crippen LogP contribution in [-0.4, -0.2) is 45.1 Å². The highest BCUT2D eigenvalue weighted by Gasteiger charge is 2.31. The fourth-order valence-corrected chi connectivity index (χ4v) is 6.62. The molecule has 0 N–H and O–H groups in total. The van der Waals surface area contributed by atoms with E-state index in [1.54, 1.807) is 17.4 Å². The summed E-state index contributed by atoms with van der Waals surface area (Å²) in [6, 6.07) is 15.5. The molecule has 0 saturated heterocycles. The summed E-state index contributed by atoms with van der Waals surface area (Å²) < 4.78 is 18.2. The van der Waals surface area contributed by atoms with E-state index in [1.807, 2.05) is 45.9 Å². The van der Waals surface area contributed by atoms with Crippen molar-refractivity contribution in [1.29, 1.82) is 0 Å². The van der Waals surface area contributed by atoms with E-state index < -0.39 is 11.6 Å². The topological polar surface area (TPSA) is 109 Å². The zero-order valence-corrected chi connectivity index (χ0v) is 26.7. The third-order valence-electron chi connectivity index (χ3n) is 7.70. The Balaban J connectivity index is 1.37. The van der Waals surface area contributed by atoms with Gasteiger partial charge in [-0.2, -0.15) is 0 Å². The number of aliphatic imine (C=N–C) groups is 1. The van der Waals surface area contributed by atoms with Gasteiger partial charge < -0.3 is 13.9 Å². The molecule has 2 aromatic carbocycles. The van der Waals surface area contributed by atoms with Gasteiger partial charge in [-0.1, -0.05) is 30.3 Å². The quantitative estimate of drug-likeness (QED) is 0.184. The normalized spacial score (nSPS) is 14.5. The summed E-state index contributed by atoms with van der Waals surface area (Å²) >= 11 is 1.70. The molecule has 3 aromatic heterocycles. The molecule has 0 aliphatic carbocycles. The van der Waals surface area contributed by atoms with Gasteiger partial charge in [-0.15, -0.1) is 21.5 Å². The Labute approximate surface area is 259 Å². The van der Waals surface area contributed by atoms with Gasteiger partial charge in [0, 0.05) is 27.8 Å². The molecule has 0 saturated carbocycles. The highest BCUT2D eigenvalue weighted by atomic mass is 32.1. The molecule has 0 radical (unpaired) electrons. The van der Waals surface area contributed by atoms with Crippen molar-refractivity contribution in [3.8, 4) is 16.1 Å². The highest BCUT2D eigenvalue weighted by molar-refractivity contribution is 7.15. The molecule has 226 valence electrons. The summed E-state index contributed by atoms with van der Waals surface area (Å²) in [5.74, 6) is 0.910. The number of hydrogen-bond donors (Lipinski definition) is 0. The van der Waals surface area contributed by atoms with E-state index in [4.69, 9.17) is 18.9 Å². The van der Waals surface area contributed by atoms with E-state index in [0.717, 1.165) is 55.6 Å². The Morgan fingerprint density at radius 2 is 1.68 bits per heavy atom. The lowest BCUT2D eigenvalue weighted by Crippen LogP contribution is -2.23. The maximum absolute atomic E-state index is 12.5. The number of thiophene rings is 1. The molecule has 0 fully saturated rings. The fraction of sp³-hybridized carbons (Fsp3) is 0.324. The number of rotatable bonds is 6. The van der Waals surface area contributed by atoms with Crippen molar-refractivity contribution >= 4 is 40.0 Å². The predicted molar refractivity (Wildman–Crippen MR) is 170 cm³/mol. The van der Waals surface area contributed by atoms with Crippen molar-refractivity contribution in [2.45, 2.75) is 66.0 Å². The Hall–Kier alpha value is -4.57. The van der Waals surface area contributed by atoms with Crippen molar-refractivity contribution in [3.63, 3.8) is 0 Å². The number of ether oxygens (including phenoxy) is 2. The standard InChI is InChI=1S/C34H34N4O5S/c1-18-19(2)44-32-29(18)30(35-25(13-15-28(39)41-7)31-37-36-20(3)38(31)32)22-10-8-21(9-11-22)23-12-14-26-24(16-23)17-27(42-26)33(40)43-34(4,5)6/h8-12,14,16-17,25H,13,15H2,1-7H3/t25-/m0/s1. The summed E-state index contributed by atoms with van der Waals surface area (Å²) in [7, 11) is 1.40.